The third-order valence-electron chi connectivity index (χ3n) is 3.31. The highest BCUT2D eigenvalue weighted by molar-refractivity contribution is 9.10. The summed E-state index contributed by atoms with van der Waals surface area (Å²) >= 11 is 3.29. The normalized spacial score (nSPS) is 12.9. The summed E-state index contributed by atoms with van der Waals surface area (Å²) in [4.78, 5) is 4.31. The third kappa shape index (κ3) is 3.89. The van der Waals surface area contributed by atoms with Crippen molar-refractivity contribution in [1.29, 1.82) is 0 Å². The first kappa shape index (κ1) is 16.1. The second kappa shape index (κ2) is 7.13. The highest BCUT2D eigenvalue weighted by Crippen LogP contribution is 2.24. The summed E-state index contributed by atoms with van der Waals surface area (Å²) in [6.07, 6.45) is 2.15. The molecular formula is C15H20BrFN4. The lowest BCUT2D eigenvalue weighted by Gasteiger charge is -2.20. The molecule has 0 amide bonds. The minimum atomic E-state index is -0.217. The van der Waals surface area contributed by atoms with Gasteiger partial charge in [-0.1, -0.05) is 28.9 Å². The fraction of sp³-hybridized carbons (Fsp3) is 0.467. The molecule has 114 valence electrons. The van der Waals surface area contributed by atoms with Gasteiger partial charge in [0.15, 0.2) is 0 Å². The van der Waals surface area contributed by atoms with Gasteiger partial charge < -0.3 is 5.32 Å². The number of likely N-dealkylation sites (N-methyl/N-ethyl adjacent to an activating group) is 1. The van der Waals surface area contributed by atoms with Crippen LogP contribution < -0.4 is 5.32 Å². The molecule has 1 aromatic carbocycles. The molecule has 1 unspecified atom stereocenters. The maximum atomic E-state index is 14.2. The summed E-state index contributed by atoms with van der Waals surface area (Å²) in [7, 11) is 0. The van der Waals surface area contributed by atoms with Crippen LogP contribution in [0.25, 0.3) is 0 Å². The number of hydrogen-bond donors (Lipinski definition) is 1. The van der Waals surface area contributed by atoms with E-state index in [1.54, 1.807) is 6.33 Å². The summed E-state index contributed by atoms with van der Waals surface area (Å²) < 4.78 is 16.8. The molecule has 2 aromatic rings. The van der Waals surface area contributed by atoms with Crippen LogP contribution in [0.4, 0.5) is 4.39 Å². The Hall–Kier alpha value is -1.27. The van der Waals surface area contributed by atoms with Crippen LogP contribution in [-0.4, -0.2) is 21.3 Å². The monoisotopic (exact) mass is 354 g/mol. The molecular weight excluding hydrogens is 335 g/mol. The van der Waals surface area contributed by atoms with Crippen molar-refractivity contribution in [3.05, 3.63) is 46.2 Å². The van der Waals surface area contributed by atoms with Crippen molar-refractivity contribution in [3.63, 3.8) is 0 Å². The van der Waals surface area contributed by atoms with Crippen molar-refractivity contribution in [2.24, 2.45) is 0 Å². The van der Waals surface area contributed by atoms with Crippen LogP contribution >= 0.6 is 15.9 Å². The van der Waals surface area contributed by atoms with Crippen molar-refractivity contribution < 1.29 is 4.39 Å². The Morgan fingerprint density at radius 1 is 1.38 bits per heavy atom. The van der Waals surface area contributed by atoms with Crippen LogP contribution in [0.5, 0.6) is 0 Å². The Kier molecular flexibility index (Phi) is 5.47. The zero-order chi connectivity index (χ0) is 15.4. The number of benzene rings is 1. The van der Waals surface area contributed by atoms with Crippen molar-refractivity contribution in [3.8, 4) is 0 Å². The summed E-state index contributed by atoms with van der Waals surface area (Å²) in [6, 6.07) is 5.27. The summed E-state index contributed by atoms with van der Waals surface area (Å²) in [5.74, 6) is 0.643. The van der Waals surface area contributed by atoms with Crippen molar-refractivity contribution in [1.82, 2.24) is 20.1 Å². The van der Waals surface area contributed by atoms with Gasteiger partial charge in [0.25, 0.3) is 0 Å². The Bertz CT molecular complexity index is 597. The van der Waals surface area contributed by atoms with E-state index in [9.17, 15) is 4.39 Å². The van der Waals surface area contributed by atoms with E-state index in [4.69, 9.17) is 0 Å². The minimum absolute atomic E-state index is 0.121. The van der Waals surface area contributed by atoms with E-state index in [2.05, 4.69) is 45.2 Å². The quantitative estimate of drug-likeness (QED) is 0.860. The molecule has 0 radical (unpaired) electrons. The number of nitrogens with one attached hydrogen (secondary N) is 1. The van der Waals surface area contributed by atoms with E-state index >= 15 is 0 Å². The first-order valence-corrected chi connectivity index (χ1v) is 7.89. The minimum Gasteiger partial charge on any atom is -0.310 e. The summed E-state index contributed by atoms with van der Waals surface area (Å²) in [5, 5.41) is 7.56. The lowest BCUT2D eigenvalue weighted by atomic mass is 10.0. The molecule has 0 aliphatic rings. The maximum absolute atomic E-state index is 14.2. The molecule has 21 heavy (non-hydrogen) atoms. The maximum Gasteiger partial charge on any atom is 0.138 e. The van der Waals surface area contributed by atoms with E-state index < -0.39 is 0 Å². The van der Waals surface area contributed by atoms with Gasteiger partial charge in [-0.3, -0.25) is 0 Å². The lowest BCUT2D eigenvalue weighted by Crippen LogP contribution is -2.25. The molecule has 1 heterocycles. The zero-order valence-corrected chi connectivity index (χ0v) is 14.1. The van der Waals surface area contributed by atoms with E-state index in [1.807, 2.05) is 23.7 Å². The van der Waals surface area contributed by atoms with Crippen LogP contribution in [0.3, 0.4) is 0 Å². The predicted octanol–water partition coefficient (Wildman–Crippen LogP) is 3.65. The van der Waals surface area contributed by atoms with Gasteiger partial charge >= 0.3 is 0 Å². The molecule has 1 N–H and O–H groups in total. The second-order valence-electron chi connectivity index (χ2n) is 5.19. The van der Waals surface area contributed by atoms with Gasteiger partial charge in [-0.05, 0) is 32.5 Å². The van der Waals surface area contributed by atoms with Crippen LogP contribution in [0.1, 0.15) is 44.2 Å². The molecule has 0 saturated heterocycles. The molecule has 6 heteroatoms. The average Bonchev–Trinajstić information content (AvgIpc) is 2.86. The van der Waals surface area contributed by atoms with Crippen LogP contribution in [0, 0.1) is 5.82 Å². The van der Waals surface area contributed by atoms with Gasteiger partial charge in [-0.2, -0.15) is 5.10 Å². The predicted molar refractivity (Wildman–Crippen MR) is 84.6 cm³/mol. The fourth-order valence-electron chi connectivity index (χ4n) is 2.36. The summed E-state index contributed by atoms with van der Waals surface area (Å²) in [6.45, 7) is 6.88. The second-order valence-corrected chi connectivity index (χ2v) is 6.11. The highest BCUT2D eigenvalue weighted by Gasteiger charge is 2.19. The SMILES string of the molecule is CCNC(Cc1ncnn1C(C)C)c1ccc(Br)cc1F. The largest absolute Gasteiger partial charge is 0.310 e. The third-order valence-corrected chi connectivity index (χ3v) is 3.80. The standard InChI is InChI=1S/C15H20BrFN4/c1-4-18-14(12-6-5-11(16)7-13(12)17)8-15-19-9-20-21(15)10(2)3/h5-7,9-10,14,18H,4,8H2,1-3H3. The molecule has 0 fully saturated rings. The van der Waals surface area contributed by atoms with Crippen molar-refractivity contribution in [2.45, 2.75) is 39.3 Å². The Morgan fingerprint density at radius 2 is 2.14 bits per heavy atom. The summed E-state index contributed by atoms with van der Waals surface area (Å²) in [5.41, 5.74) is 0.651. The average molecular weight is 355 g/mol. The van der Waals surface area contributed by atoms with E-state index in [-0.39, 0.29) is 17.9 Å². The van der Waals surface area contributed by atoms with Gasteiger partial charge in [-0.25, -0.2) is 14.1 Å². The number of nitrogens with zero attached hydrogens (tertiary/aromatic N) is 3. The topological polar surface area (TPSA) is 42.7 Å². The molecule has 0 spiro atoms. The van der Waals surface area contributed by atoms with E-state index in [0.717, 1.165) is 16.8 Å². The van der Waals surface area contributed by atoms with E-state index in [0.29, 0.717) is 12.0 Å². The first-order chi connectivity index (χ1) is 10.0. The number of halogens is 2. The van der Waals surface area contributed by atoms with E-state index in [1.165, 1.54) is 6.07 Å². The number of aromatic nitrogens is 3. The van der Waals surface area contributed by atoms with Gasteiger partial charge in [0.05, 0.1) is 0 Å². The smallest absolute Gasteiger partial charge is 0.138 e. The lowest BCUT2D eigenvalue weighted by molar-refractivity contribution is 0.457. The van der Waals surface area contributed by atoms with Crippen molar-refractivity contribution >= 4 is 15.9 Å². The number of rotatable bonds is 6. The molecule has 2 rings (SSSR count). The molecule has 0 bridgehead atoms. The molecule has 1 atom stereocenters. The molecule has 1 aromatic heterocycles. The molecule has 0 aliphatic carbocycles. The Balaban J connectivity index is 2.28. The Morgan fingerprint density at radius 3 is 2.76 bits per heavy atom. The van der Waals surface area contributed by atoms with Gasteiger partial charge in [0, 0.05) is 28.5 Å². The van der Waals surface area contributed by atoms with Crippen LogP contribution in [-0.2, 0) is 6.42 Å². The fourth-order valence-corrected chi connectivity index (χ4v) is 2.69. The van der Waals surface area contributed by atoms with Crippen LogP contribution in [0.15, 0.2) is 29.0 Å². The highest BCUT2D eigenvalue weighted by atomic mass is 79.9. The molecule has 4 nitrogen and oxygen atoms in total. The zero-order valence-electron chi connectivity index (χ0n) is 12.5. The number of hydrogen-bond acceptors (Lipinski definition) is 3. The van der Waals surface area contributed by atoms with Gasteiger partial charge in [-0.15, -0.1) is 0 Å². The van der Waals surface area contributed by atoms with Gasteiger partial charge in [0.2, 0.25) is 0 Å². The Labute approximate surface area is 132 Å². The molecule has 0 aliphatic heterocycles. The molecule has 0 saturated carbocycles. The van der Waals surface area contributed by atoms with Crippen molar-refractivity contribution in [2.75, 3.05) is 6.54 Å². The first-order valence-electron chi connectivity index (χ1n) is 7.09. The van der Waals surface area contributed by atoms with Gasteiger partial charge in [0.1, 0.15) is 18.0 Å². The van der Waals surface area contributed by atoms with Crippen LogP contribution in [0.2, 0.25) is 0 Å².